The summed E-state index contributed by atoms with van der Waals surface area (Å²) in [5.74, 6) is -2.62. The number of ether oxygens (including phenoxy) is 1. The Hall–Kier alpha value is -1.67. The average Bonchev–Trinajstić information content (AvgIpc) is 2.46. The summed E-state index contributed by atoms with van der Waals surface area (Å²) in [6.07, 6.45) is 0.409. The Bertz CT molecular complexity index is 676. The smallest absolute Gasteiger partial charge is 0.307 e. The zero-order valence-electron chi connectivity index (χ0n) is 12.3. The Morgan fingerprint density at radius 3 is 2.64 bits per heavy atom. The second kappa shape index (κ2) is 6.21. The summed E-state index contributed by atoms with van der Waals surface area (Å²) in [6.45, 7) is 1.81. The average molecular weight is 331 g/mol. The molecule has 1 aliphatic rings. The second-order valence-electron chi connectivity index (χ2n) is 5.49. The Morgan fingerprint density at radius 2 is 2.09 bits per heavy atom. The normalized spacial score (nSPS) is 23.2. The maximum absolute atomic E-state index is 14.0. The topological polar surface area (TPSA) is 83.9 Å². The van der Waals surface area contributed by atoms with Crippen LogP contribution in [0.3, 0.4) is 0 Å². The van der Waals surface area contributed by atoms with Crippen LogP contribution in [0, 0.1) is 17.7 Å². The zero-order valence-corrected chi connectivity index (χ0v) is 13.1. The number of carboxylic acids is 1. The number of piperidine rings is 1. The van der Waals surface area contributed by atoms with E-state index in [1.54, 1.807) is 6.92 Å². The van der Waals surface area contributed by atoms with Gasteiger partial charge in [0, 0.05) is 19.2 Å². The lowest BCUT2D eigenvalue weighted by Crippen LogP contribution is -2.45. The van der Waals surface area contributed by atoms with Crippen molar-refractivity contribution in [1.29, 1.82) is 0 Å². The van der Waals surface area contributed by atoms with Crippen molar-refractivity contribution in [2.45, 2.75) is 18.2 Å². The van der Waals surface area contributed by atoms with E-state index in [0.29, 0.717) is 6.42 Å². The van der Waals surface area contributed by atoms with E-state index in [1.807, 2.05) is 0 Å². The Balaban J connectivity index is 2.35. The third-order valence-electron chi connectivity index (χ3n) is 3.73. The molecule has 0 saturated carbocycles. The van der Waals surface area contributed by atoms with Gasteiger partial charge in [-0.05, 0) is 24.5 Å². The van der Waals surface area contributed by atoms with Crippen LogP contribution in [0.1, 0.15) is 13.3 Å². The van der Waals surface area contributed by atoms with E-state index >= 15 is 0 Å². The number of benzene rings is 1. The molecule has 0 spiro atoms. The number of carbonyl (C=O) groups is 1. The molecule has 2 atom stereocenters. The first-order valence-electron chi connectivity index (χ1n) is 6.82. The van der Waals surface area contributed by atoms with Crippen LogP contribution in [0.15, 0.2) is 23.1 Å². The predicted octanol–water partition coefficient (Wildman–Crippen LogP) is 1.57. The van der Waals surface area contributed by atoms with E-state index < -0.39 is 32.6 Å². The highest BCUT2D eigenvalue weighted by molar-refractivity contribution is 7.89. The molecular weight excluding hydrogens is 313 g/mol. The molecule has 0 bridgehead atoms. The van der Waals surface area contributed by atoms with Crippen LogP contribution in [-0.2, 0) is 14.8 Å². The van der Waals surface area contributed by atoms with Gasteiger partial charge in [-0.3, -0.25) is 4.79 Å². The van der Waals surface area contributed by atoms with Crippen LogP contribution >= 0.6 is 0 Å². The van der Waals surface area contributed by atoms with Crippen molar-refractivity contribution in [2.24, 2.45) is 11.8 Å². The van der Waals surface area contributed by atoms with Gasteiger partial charge in [0.15, 0.2) is 0 Å². The molecule has 0 radical (unpaired) electrons. The van der Waals surface area contributed by atoms with Gasteiger partial charge in [-0.15, -0.1) is 0 Å². The molecule has 6 nitrogen and oxygen atoms in total. The highest BCUT2D eigenvalue weighted by Crippen LogP contribution is 2.29. The molecule has 0 aliphatic carbocycles. The molecule has 1 fully saturated rings. The van der Waals surface area contributed by atoms with Gasteiger partial charge in [-0.1, -0.05) is 6.92 Å². The number of methoxy groups -OCH3 is 1. The van der Waals surface area contributed by atoms with Gasteiger partial charge in [0.1, 0.15) is 16.5 Å². The zero-order chi connectivity index (χ0) is 16.5. The van der Waals surface area contributed by atoms with Crippen molar-refractivity contribution >= 4 is 16.0 Å². The molecule has 22 heavy (non-hydrogen) atoms. The molecule has 1 aliphatic heterocycles. The Labute approximate surface area is 128 Å². The molecule has 122 valence electrons. The molecule has 8 heteroatoms. The SMILES string of the molecule is COc1ccc(S(=O)(=O)N2CC(C)CC(C(=O)O)C2)c(F)c1. The van der Waals surface area contributed by atoms with Crippen LogP contribution in [0.2, 0.25) is 0 Å². The monoisotopic (exact) mass is 331 g/mol. The number of halogens is 1. The van der Waals surface area contributed by atoms with Gasteiger partial charge in [-0.25, -0.2) is 12.8 Å². The lowest BCUT2D eigenvalue weighted by molar-refractivity contribution is -0.143. The van der Waals surface area contributed by atoms with Crippen LogP contribution in [0.5, 0.6) is 5.75 Å². The van der Waals surface area contributed by atoms with E-state index in [-0.39, 0.29) is 24.8 Å². The fraction of sp³-hybridized carbons (Fsp3) is 0.500. The molecule has 0 aromatic heterocycles. The van der Waals surface area contributed by atoms with Crippen LogP contribution < -0.4 is 4.74 Å². The fourth-order valence-corrected chi connectivity index (χ4v) is 4.29. The van der Waals surface area contributed by atoms with Gasteiger partial charge in [0.2, 0.25) is 10.0 Å². The van der Waals surface area contributed by atoms with Crippen molar-refractivity contribution < 1.29 is 27.4 Å². The number of sulfonamides is 1. The van der Waals surface area contributed by atoms with Crippen molar-refractivity contribution in [3.8, 4) is 5.75 Å². The first-order valence-corrected chi connectivity index (χ1v) is 8.26. The van der Waals surface area contributed by atoms with Crippen molar-refractivity contribution in [1.82, 2.24) is 4.31 Å². The van der Waals surface area contributed by atoms with Crippen molar-refractivity contribution in [3.05, 3.63) is 24.0 Å². The van der Waals surface area contributed by atoms with Gasteiger partial charge < -0.3 is 9.84 Å². The summed E-state index contributed by atoms with van der Waals surface area (Å²) in [6, 6.07) is 3.49. The van der Waals surface area contributed by atoms with Crippen molar-refractivity contribution in [2.75, 3.05) is 20.2 Å². The summed E-state index contributed by atoms with van der Waals surface area (Å²) < 4.78 is 45.1. The first-order chi connectivity index (χ1) is 10.3. The standard InChI is InChI=1S/C14H18FNO5S/c1-9-5-10(14(17)18)8-16(7-9)22(19,20)13-4-3-11(21-2)6-12(13)15/h3-4,6,9-10H,5,7-8H2,1-2H3,(H,17,18). The van der Waals surface area contributed by atoms with Gasteiger partial charge in [-0.2, -0.15) is 4.31 Å². The molecule has 1 saturated heterocycles. The van der Waals surface area contributed by atoms with Crippen LogP contribution in [0.25, 0.3) is 0 Å². The van der Waals surface area contributed by atoms with Gasteiger partial charge >= 0.3 is 5.97 Å². The summed E-state index contributed by atoms with van der Waals surface area (Å²) >= 11 is 0. The largest absolute Gasteiger partial charge is 0.497 e. The minimum absolute atomic E-state index is 0.106. The maximum atomic E-state index is 14.0. The molecule has 1 aromatic rings. The van der Waals surface area contributed by atoms with E-state index in [9.17, 15) is 17.6 Å². The molecular formula is C14H18FNO5S. The van der Waals surface area contributed by atoms with E-state index in [1.165, 1.54) is 13.2 Å². The van der Waals surface area contributed by atoms with Crippen LogP contribution in [0.4, 0.5) is 4.39 Å². The third kappa shape index (κ3) is 3.22. The van der Waals surface area contributed by atoms with Gasteiger partial charge in [0.25, 0.3) is 0 Å². The van der Waals surface area contributed by atoms with E-state index in [4.69, 9.17) is 9.84 Å². The summed E-state index contributed by atoms with van der Waals surface area (Å²) in [5.41, 5.74) is 0. The van der Waals surface area contributed by atoms with Crippen molar-refractivity contribution in [3.63, 3.8) is 0 Å². The third-order valence-corrected chi connectivity index (χ3v) is 5.60. The molecule has 2 unspecified atom stereocenters. The first kappa shape index (κ1) is 16.7. The molecule has 1 heterocycles. The second-order valence-corrected chi connectivity index (χ2v) is 7.40. The maximum Gasteiger partial charge on any atom is 0.307 e. The molecule has 1 N–H and O–H groups in total. The quantitative estimate of drug-likeness (QED) is 0.905. The number of carboxylic acid groups (broad SMARTS) is 1. The highest BCUT2D eigenvalue weighted by atomic mass is 32.2. The lowest BCUT2D eigenvalue weighted by Gasteiger charge is -2.33. The molecule has 2 rings (SSSR count). The minimum Gasteiger partial charge on any atom is -0.497 e. The number of aliphatic carboxylic acids is 1. The Morgan fingerprint density at radius 1 is 1.41 bits per heavy atom. The number of nitrogens with zero attached hydrogens (tertiary/aromatic N) is 1. The van der Waals surface area contributed by atoms with Crippen LogP contribution in [-0.4, -0.2) is 44.0 Å². The number of hydrogen-bond acceptors (Lipinski definition) is 4. The highest BCUT2D eigenvalue weighted by Gasteiger charge is 2.37. The number of rotatable bonds is 4. The summed E-state index contributed by atoms with van der Waals surface area (Å²) in [7, 11) is -2.72. The van der Waals surface area contributed by atoms with E-state index in [0.717, 1.165) is 16.4 Å². The molecule has 1 aromatic carbocycles. The van der Waals surface area contributed by atoms with Gasteiger partial charge in [0.05, 0.1) is 13.0 Å². The lowest BCUT2D eigenvalue weighted by atomic mass is 9.92. The fourth-order valence-electron chi connectivity index (χ4n) is 2.63. The predicted molar refractivity (Wildman–Crippen MR) is 76.6 cm³/mol. The molecule has 0 amide bonds. The Kier molecular flexibility index (Phi) is 4.72. The summed E-state index contributed by atoms with van der Waals surface area (Å²) in [5, 5.41) is 9.12. The van der Waals surface area contributed by atoms with E-state index in [2.05, 4.69) is 0 Å². The minimum atomic E-state index is -4.08. The summed E-state index contributed by atoms with van der Waals surface area (Å²) in [4.78, 5) is 10.7. The number of hydrogen-bond donors (Lipinski definition) is 1.